The highest BCUT2D eigenvalue weighted by Gasteiger charge is 2.22. The van der Waals surface area contributed by atoms with Crippen LogP contribution in [0.2, 0.25) is 0 Å². The summed E-state index contributed by atoms with van der Waals surface area (Å²) in [6.07, 6.45) is 2.60. The van der Waals surface area contributed by atoms with Crippen LogP contribution in [0.4, 0.5) is 0 Å². The van der Waals surface area contributed by atoms with E-state index in [1.54, 1.807) is 0 Å². The first-order valence-electron chi connectivity index (χ1n) is 4.67. The van der Waals surface area contributed by atoms with Gasteiger partial charge in [0.15, 0.2) is 0 Å². The Morgan fingerprint density at radius 3 is 2.82 bits per heavy atom. The molecule has 0 spiro atoms. The van der Waals surface area contributed by atoms with Crippen molar-refractivity contribution in [2.24, 2.45) is 17.6 Å². The van der Waals surface area contributed by atoms with Crippen LogP contribution < -0.4 is 11.1 Å². The maximum atomic E-state index is 5.60. The summed E-state index contributed by atoms with van der Waals surface area (Å²) in [6.45, 7) is 6.57. The molecule has 0 unspecified atom stereocenters. The van der Waals surface area contributed by atoms with Gasteiger partial charge in [0.05, 0.1) is 0 Å². The van der Waals surface area contributed by atoms with Crippen LogP contribution in [0.3, 0.4) is 0 Å². The molecule has 1 heterocycles. The molecule has 66 valence electrons. The summed E-state index contributed by atoms with van der Waals surface area (Å²) in [6, 6.07) is 0.580. The van der Waals surface area contributed by atoms with E-state index >= 15 is 0 Å². The largest absolute Gasteiger partial charge is 0.329 e. The standard InChI is InChI=1S/C9H20N2/c1-7(2)8-3-4-11-9(5-8)6-10/h7-9,11H,3-6,10H2,1-2H3/t8-,9+/m1/s1. The van der Waals surface area contributed by atoms with Crippen LogP contribution in [0, 0.1) is 11.8 Å². The maximum Gasteiger partial charge on any atom is 0.0193 e. The van der Waals surface area contributed by atoms with Crippen molar-refractivity contribution < 1.29 is 0 Å². The van der Waals surface area contributed by atoms with Crippen molar-refractivity contribution in [1.29, 1.82) is 0 Å². The summed E-state index contributed by atoms with van der Waals surface area (Å²) in [5.74, 6) is 1.72. The van der Waals surface area contributed by atoms with E-state index in [0.717, 1.165) is 24.9 Å². The Bertz CT molecular complexity index is 112. The summed E-state index contributed by atoms with van der Waals surface area (Å²) in [5, 5.41) is 3.43. The molecule has 11 heavy (non-hydrogen) atoms. The molecule has 0 aromatic carbocycles. The number of hydrogen-bond acceptors (Lipinski definition) is 2. The van der Waals surface area contributed by atoms with E-state index in [1.807, 2.05) is 0 Å². The fourth-order valence-electron chi connectivity index (χ4n) is 1.82. The second-order valence-corrected chi connectivity index (χ2v) is 3.92. The highest BCUT2D eigenvalue weighted by atomic mass is 14.9. The van der Waals surface area contributed by atoms with E-state index in [2.05, 4.69) is 19.2 Å². The lowest BCUT2D eigenvalue weighted by atomic mass is 9.84. The Balaban J connectivity index is 2.33. The van der Waals surface area contributed by atoms with E-state index < -0.39 is 0 Å². The molecular weight excluding hydrogens is 136 g/mol. The molecule has 0 radical (unpaired) electrons. The molecule has 2 nitrogen and oxygen atoms in total. The van der Waals surface area contributed by atoms with Gasteiger partial charge < -0.3 is 11.1 Å². The molecule has 1 saturated heterocycles. The minimum atomic E-state index is 0.580. The fourth-order valence-corrected chi connectivity index (χ4v) is 1.82. The second kappa shape index (κ2) is 4.07. The average Bonchev–Trinajstić information content (AvgIpc) is 2.05. The molecule has 0 aromatic rings. The molecule has 0 amide bonds. The SMILES string of the molecule is CC(C)[C@@H]1CCN[C@H](CN)C1. The van der Waals surface area contributed by atoms with E-state index in [4.69, 9.17) is 5.73 Å². The van der Waals surface area contributed by atoms with Crippen LogP contribution >= 0.6 is 0 Å². The van der Waals surface area contributed by atoms with Gasteiger partial charge in [-0.3, -0.25) is 0 Å². The highest BCUT2D eigenvalue weighted by molar-refractivity contribution is 4.80. The lowest BCUT2D eigenvalue weighted by Gasteiger charge is -2.31. The summed E-state index contributed by atoms with van der Waals surface area (Å²) in [5.41, 5.74) is 5.60. The van der Waals surface area contributed by atoms with Gasteiger partial charge in [0, 0.05) is 12.6 Å². The zero-order valence-electron chi connectivity index (χ0n) is 7.64. The average molecular weight is 156 g/mol. The number of nitrogens with two attached hydrogens (primary N) is 1. The minimum absolute atomic E-state index is 0.580. The molecule has 2 atom stereocenters. The van der Waals surface area contributed by atoms with Crippen LogP contribution in [0.1, 0.15) is 26.7 Å². The van der Waals surface area contributed by atoms with Crippen molar-refractivity contribution in [1.82, 2.24) is 5.32 Å². The maximum absolute atomic E-state index is 5.60. The molecule has 1 aliphatic heterocycles. The first-order chi connectivity index (χ1) is 5.24. The van der Waals surface area contributed by atoms with Crippen molar-refractivity contribution in [2.75, 3.05) is 13.1 Å². The van der Waals surface area contributed by atoms with Gasteiger partial charge in [0.25, 0.3) is 0 Å². The molecule has 0 bridgehead atoms. The van der Waals surface area contributed by atoms with Crippen LogP contribution in [-0.2, 0) is 0 Å². The molecule has 0 aliphatic carbocycles. The lowest BCUT2D eigenvalue weighted by Crippen LogP contribution is -2.43. The van der Waals surface area contributed by atoms with Gasteiger partial charge in [0.1, 0.15) is 0 Å². The topological polar surface area (TPSA) is 38.0 Å². The third kappa shape index (κ3) is 2.46. The highest BCUT2D eigenvalue weighted by Crippen LogP contribution is 2.23. The van der Waals surface area contributed by atoms with E-state index in [0.29, 0.717) is 6.04 Å². The molecule has 1 aliphatic rings. The van der Waals surface area contributed by atoms with Crippen LogP contribution in [-0.4, -0.2) is 19.1 Å². The Hall–Kier alpha value is -0.0800. The fraction of sp³-hybridized carbons (Fsp3) is 1.00. The quantitative estimate of drug-likeness (QED) is 0.625. The number of rotatable bonds is 2. The van der Waals surface area contributed by atoms with Gasteiger partial charge in [-0.05, 0) is 31.2 Å². The van der Waals surface area contributed by atoms with E-state index in [1.165, 1.54) is 12.8 Å². The lowest BCUT2D eigenvalue weighted by molar-refractivity contribution is 0.246. The van der Waals surface area contributed by atoms with Crippen LogP contribution in [0.5, 0.6) is 0 Å². The summed E-state index contributed by atoms with van der Waals surface area (Å²) in [7, 11) is 0. The van der Waals surface area contributed by atoms with Crippen LogP contribution in [0.25, 0.3) is 0 Å². The number of hydrogen-bond donors (Lipinski definition) is 2. The van der Waals surface area contributed by atoms with Crippen molar-refractivity contribution in [2.45, 2.75) is 32.7 Å². The first-order valence-corrected chi connectivity index (χ1v) is 4.67. The molecule has 2 heteroatoms. The number of nitrogens with one attached hydrogen (secondary N) is 1. The summed E-state index contributed by atoms with van der Waals surface area (Å²) >= 11 is 0. The molecule has 1 rings (SSSR count). The number of piperidine rings is 1. The Kier molecular flexibility index (Phi) is 3.34. The zero-order chi connectivity index (χ0) is 8.27. The predicted molar refractivity (Wildman–Crippen MR) is 48.4 cm³/mol. The Labute approximate surface area is 69.5 Å². The van der Waals surface area contributed by atoms with Gasteiger partial charge in [-0.15, -0.1) is 0 Å². The van der Waals surface area contributed by atoms with Crippen molar-refractivity contribution in [3.8, 4) is 0 Å². The van der Waals surface area contributed by atoms with Crippen molar-refractivity contribution in [3.63, 3.8) is 0 Å². The van der Waals surface area contributed by atoms with Gasteiger partial charge in [-0.2, -0.15) is 0 Å². The van der Waals surface area contributed by atoms with Crippen molar-refractivity contribution in [3.05, 3.63) is 0 Å². The van der Waals surface area contributed by atoms with Crippen LogP contribution in [0.15, 0.2) is 0 Å². The Morgan fingerprint density at radius 1 is 1.55 bits per heavy atom. The Morgan fingerprint density at radius 2 is 2.27 bits per heavy atom. The van der Waals surface area contributed by atoms with Gasteiger partial charge in [-0.25, -0.2) is 0 Å². The molecule has 0 saturated carbocycles. The van der Waals surface area contributed by atoms with Crippen molar-refractivity contribution >= 4 is 0 Å². The molecule has 3 N–H and O–H groups in total. The van der Waals surface area contributed by atoms with Gasteiger partial charge in [0.2, 0.25) is 0 Å². The zero-order valence-corrected chi connectivity index (χ0v) is 7.64. The van der Waals surface area contributed by atoms with Gasteiger partial charge >= 0.3 is 0 Å². The smallest absolute Gasteiger partial charge is 0.0193 e. The first kappa shape index (κ1) is 9.01. The van der Waals surface area contributed by atoms with Gasteiger partial charge in [-0.1, -0.05) is 13.8 Å². The monoisotopic (exact) mass is 156 g/mol. The third-order valence-electron chi connectivity index (χ3n) is 2.76. The van der Waals surface area contributed by atoms with E-state index in [-0.39, 0.29) is 0 Å². The molecule has 1 fully saturated rings. The van der Waals surface area contributed by atoms with E-state index in [9.17, 15) is 0 Å². The summed E-state index contributed by atoms with van der Waals surface area (Å²) < 4.78 is 0. The summed E-state index contributed by atoms with van der Waals surface area (Å²) in [4.78, 5) is 0. The molecular formula is C9H20N2. The second-order valence-electron chi connectivity index (χ2n) is 3.92. The third-order valence-corrected chi connectivity index (χ3v) is 2.76. The normalized spacial score (nSPS) is 32.7. The molecule has 0 aromatic heterocycles. The minimum Gasteiger partial charge on any atom is -0.329 e. The predicted octanol–water partition coefficient (Wildman–Crippen LogP) is 0.969.